The Morgan fingerprint density at radius 2 is 2.19 bits per heavy atom. The van der Waals surface area contributed by atoms with Gasteiger partial charge in [0.1, 0.15) is 0 Å². The second kappa shape index (κ2) is 7.19. The first kappa shape index (κ1) is 17.8. The van der Waals surface area contributed by atoms with Crippen LogP contribution in [0, 0.1) is 5.92 Å². The molecular weight excluding hydrogens is 366 g/mol. The van der Waals surface area contributed by atoms with Crippen molar-refractivity contribution in [2.75, 3.05) is 16.8 Å². The summed E-state index contributed by atoms with van der Waals surface area (Å²) < 4.78 is 5.00. The number of carbonyl (C=O) groups excluding carboxylic acids is 1. The number of benzene rings is 1. The van der Waals surface area contributed by atoms with Gasteiger partial charge in [0, 0.05) is 17.3 Å². The Labute approximate surface area is 161 Å². The van der Waals surface area contributed by atoms with E-state index in [2.05, 4.69) is 10.3 Å². The summed E-state index contributed by atoms with van der Waals surface area (Å²) in [5.74, 6) is -0.257. The largest absolute Gasteiger partial charge is 0.465 e. The van der Waals surface area contributed by atoms with Gasteiger partial charge in [-0.3, -0.25) is 4.90 Å². The van der Waals surface area contributed by atoms with Crippen molar-refractivity contribution in [3.05, 3.63) is 40.9 Å². The summed E-state index contributed by atoms with van der Waals surface area (Å²) in [6.45, 7) is 2.07. The average Bonchev–Trinajstić information content (AvgIpc) is 3.31. The standard InChI is InChI=1S/C19H21N3O4S/c1-2-26-17(23)13-10-27-18(20-13)21-16-11-6-3-4-8-14(11)22(19(24)25)15-9-5-7-12(15)16/h3-4,6,8,10,12,15-16H,2,5,7,9H2,1H3,(H,20,21)(H,24,25)/t12-,15+,16-/m0/s1. The lowest BCUT2D eigenvalue weighted by molar-refractivity contribution is 0.0520. The number of carbonyl (C=O) groups is 2. The molecule has 2 aliphatic rings. The Balaban J connectivity index is 1.67. The van der Waals surface area contributed by atoms with E-state index in [1.54, 1.807) is 12.3 Å². The molecule has 2 heterocycles. The van der Waals surface area contributed by atoms with Gasteiger partial charge in [0.15, 0.2) is 10.8 Å². The highest BCUT2D eigenvalue weighted by molar-refractivity contribution is 7.13. The van der Waals surface area contributed by atoms with Gasteiger partial charge in [0.2, 0.25) is 0 Å². The fourth-order valence-corrected chi connectivity index (χ4v) is 4.98. The molecule has 1 aromatic heterocycles. The maximum absolute atomic E-state index is 11.9. The second-order valence-electron chi connectivity index (χ2n) is 6.75. The van der Waals surface area contributed by atoms with Crippen LogP contribution in [0.25, 0.3) is 0 Å². The number of hydrogen-bond acceptors (Lipinski definition) is 6. The summed E-state index contributed by atoms with van der Waals surface area (Å²) in [6.07, 6.45) is 1.90. The Morgan fingerprint density at radius 3 is 2.96 bits per heavy atom. The molecule has 0 saturated heterocycles. The first-order valence-corrected chi connectivity index (χ1v) is 9.98. The smallest absolute Gasteiger partial charge is 0.412 e. The van der Waals surface area contributed by atoms with Gasteiger partial charge in [-0.15, -0.1) is 11.3 Å². The lowest BCUT2D eigenvalue weighted by Crippen LogP contribution is -2.48. The van der Waals surface area contributed by atoms with Gasteiger partial charge in [0.05, 0.1) is 18.3 Å². The van der Waals surface area contributed by atoms with Gasteiger partial charge in [-0.25, -0.2) is 14.6 Å². The molecule has 3 atom stereocenters. The molecule has 1 aromatic carbocycles. The number of fused-ring (bicyclic) bond motifs is 2. The van der Waals surface area contributed by atoms with Gasteiger partial charge in [-0.05, 0) is 31.4 Å². The molecule has 8 heteroatoms. The number of aromatic nitrogens is 1. The van der Waals surface area contributed by atoms with E-state index in [0.29, 0.717) is 17.4 Å². The Hall–Kier alpha value is -2.61. The number of ether oxygens (including phenoxy) is 1. The predicted octanol–water partition coefficient (Wildman–Crippen LogP) is 4.14. The Bertz CT molecular complexity index is 868. The van der Waals surface area contributed by atoms with E-state index >= 15 is 0 Å². The molecule has 1 fully saturated rings. The maximum atomic E-state index is 11.9. The van der Waals surface area contributed by atoms with Crippen LogP contribution in [-0.4, -0.2) is 34.8 Å². The average molecular weight is 387 g/mol. The molecule has 4 rings (SSSR count). The zero-order valence-electron chi connectivity index (χ0n) is 14.9. The van der Waals surface area contributed by atoms with Gasteiger partial charge >= 0.3 is 12.1 Å². The summed E-state index contributed by atoms with van der Waals surface area (Å²) in [5, 5.41) is 15.6. The van der Waals surface area contributed by atoms with Gasteiger partial charge in [-0.2, -0.15) is 0 Å². The van der Waals surface area contributed by atoms with E-state index in [-0.39, 0.29) is 18.0 Å². The van der Waals surface area contributed by atoms with Crippen molar-refractivity contribution in [3.8, 4) is 0 Å². The molecule has 7 nitrogen and oxygen atoms in total. The van der Waals surface area contributed by atoms with Gasteiger partial charge in [-0.1, -0.05) is 24.6 Å². The van der Waals surface area contributed by atoms with Crippen LogP contribution in [0.3, 0.4) is 0 Å². The molecule has 0 unspecified atom stereocenters. The van der Waals surface area contributed by atoms with E-state index < -0.39 is 12.1 Å². The summed E-state index contributed by atoms with van der Waals surface area (Å²) in [7, 11) is 0. The van der Waals surface area contributed by atoms with Crippen LogP contribution in [-0.2, 0) is 4.74 Å². The number of para-hydroxylation sites is 1. The molecule has 0 spiro atoms. The monoisotopic (exact) mass is 387 g/mol. The zero-order chi connectivity index (χ0) is 19.0. The van der Waals surface area contributed by atoms with Crippen molar-refractivity contribution in [2.24, 2.45) is 5.92 Å². The molecule has 2 N–H and O–H groups in total. The minimum atomic E-state index is -0.906. The number of hydrogen-bond donors (Lipinski definition) is 2. The summed E-state index contributed by atoms with van der Waals surface area (Å²) in [5.41, 5.74) is 1.98. The van der Waals surface area contributed by atoms with Crippen LogP contribution in [0.5, 0.6) is 0 Å². The SMILES string of the molecule is CCOC(=O)c1csc(N[C@H]2c3ccccc3N(C(=O)O)[C@@H]3CCC[C@@H]32)n1. The van der Waals surface area contributed by atoms with E-state index in [9.17, 15) is 14.7 Å². The van der Waals surface area contributed by atoms with Crippen molar-refractivity contribution in [3.63, 3.8) is 0 Å². The molecule has 2 aromatic rings. The minimum Gasteiger partial charge on any atom is -0.465 e. The van der Waals surface area contributed by atoms with Crippen LogP contribution in [0.4, 0.5) is 15.6 Å². The highest BCUT2D eigenvalue weighted by Gasteiger charge is 2.46. The Kier molecular flexibility index (Phi) is 4.73. The van der Waals surface area contributed by atoms with Crippen LogP contribution >= 0.6 is 11.3 Å². The maximum Gasteiger partial charge on any atom is 0.412 e. The van der Waals surface area contributed by atoms with Crippen molar-refractivity contribution in [1.29, 1.82) is 0 Å². The molecular formula is C19H21N3O4S. The third-order valence-corrected chi connectivity index (χ3v) is 6.07. The summed E-state index contributed by atoms with van der Waals surface area (Å²) in [6, 6.07) is 7.54. The highest BCUT2D eigenvalue weighted by Crippen LogP contribution is 2.49. The number of amides is 1. The summed E-state index contributed by atoms with van der Waals surface area (Å²) in [4.78, 5) is 29.7. The van der Waals surface area contributed by atoms with E-state index in [1.807, 2.05) is 24.3 Å². The molecule has 1 saturated carbocycles. The number of anilines is 2. The molecule has 1 amide bonds. The third kappa shape index (κ3) is 3.14. The minimum absolute atomic E-state index is 0.0366. The molecule has 0 radical (unpaired) electrons. The van der Waals surface area contributed by atoms with Crippen molar-refractivity contribution in [1.82, 2.24) is 4.98 Å². The lowest BCUT2D eigenvalue weighted by atomic mass is 9.83. The van der Waals surface area contributed by atoms with Crippen molar-refractivity contribution >= 4 is 34.2 Å². The van der Waals surface area contributed by atoms with Crippen molar-refractivity contribution < 1.29 is 19.4 Å². The van der Waals surface area contributed by atoms with E-state index in [1.165, 1.54) is 16.2 Å². The van der Waals surface area contributed by atoms with Gasteiger partial charge in [0.25, 0.3) is 0 Å². The normalized spacial score (nSPS) is 23.4. The fraction of sp³-hybridized carbons (Fsp3) is 0.421. The fourth-order valence-electron chi connectivity index (χ4n) is 4.26. The molecule has 1 aliphatic heterocycles. The predicted molar refractivity (Wildman–Crippen MR) is 103 cm³/mol. The topological polar surface area (TPSA) is 91.8 Å². The quantitative estimate of drug-likeness (QED) is 0.766. The number of carboxylic acid groups (broad SMARTS) is 1. The van der Waals surface area contributed by atoms with Gasteiger partial charge < -0.3 is 15.2 Å². The van der Waals surface area contributed by atoms with E-state index in [0.717, 1.165) is 30.5 Å². The zero-order valence-corrected chi connectivity index (χ0v) is 15.7. The molecule has 1 aliphatic carbocycles. The van der Waals surface area contributed by atoms with E-state index in [4.69, 9.17) is 4.74 Å². The number of rotatable bonds is 4. The van der Waals surface area contributed by atoms with Crippen LogP contribution in [0.1, 0.15) is 48.3 Å². The molecule has 27 heavy (non-hydrogen) atoms. The molecule has 142 valence electrons. The lowest BCUT2D eigenvalue weighted by Gasteiger charge is -2.42. The van der Waals surface area contributed by atoms with Crippen LogP contribution in [0.2, 0.25) is 0 Å². The number of nitrogens with one attached hydrogen (secondary N) is 1. The summed E-state index contributed by atoms with van der Waals surface area (Å²) >= 11 is 1.36. The van der Waals surface area contributed by atoms with Crippen LogP contribution in [0.15, 0.2) is 29.6 Å². The number of esters is 1. The van der Waals surface area contributed by atoms with Crippen molar-refractivity contribution in [2.45, 2.75) is 38.3 Å². The van der Waals surface area contributed by atoms with Crippen LogP contribution < -0.4 is 10.2 Å². The number of thiazole rings is 1. The highest BCUT2D eigenvalue weighted by atomic mass is 32.1. The number of nitrogens with zero attached hydrogens (tertiary/aromatic N) is 2. The first-order valence-electron chi connectivity index (χ1n) is 9.10. The third-order valence-electron chi connectivity index (χ3n) is 5.30. The molecule has 0 bridgehead atoms. The Morgan fingerprint density at radius 1 is 1.37 bits per heavy atom. The second-order valence-corrected chi connectivity index (χ2v) is 7.61. The first-order chi connectivity index (χ1) is 13.1.